The van der Waals surface area contributed by atoms with Crippen LogP contribution in [0.5, 0.6) is 6.01 Å². The Morgan fingerprint density at radius 2 is 2.05 bits per heavy atom. The van der Waals surface area contributed by atoms with Crippen LogP contribution in [0.15, 0.2) is 47.8 Å². The highest BCUT2D eigenvalue weighted by Crippen LogP contribution is 2.18. The number of ether oxygens (including phenoxy) is 1. The second-order valence-electron chi connectivity index (χ2n) is 3.88. The fourth-order valence-corrected chi connectivity index (χ4v) is 1.54. The molecule has 1 atom stereocenters. The topological polar surface area (TPSA) is 93.6 Å². The van der Waals surface area contributed by atoms with Crippen LogP contribution in [0.1, 0.15) is 24.3 Å². The Hall–Kier alpha value is -2.63. The summed E-state index contributed by atoms with van der Waals surface area (Å²) >= 11 is 0. The van der Waals surface area contributed by atoms with Crippen molar-refractivity contribution in [2.45, 2.75) is 13.0 Å². The van der Waals surface area contributed by atoms with Gasteiger partial charge in [-0.2, -0.15) is 4.98 Å². The molecule has 2 rings (SSSR count). The molecule has 0 aliphatic carbocycles. The molecule has 0 saturated heterocycles. The van der Waals surface area contributed by atoms with Crippen LogP contribution in [0, 0.1) is 0 Å². The van der Waals surface area contributed by atoms with Crippen molar-refractivity contribution >= 4 is 5.84 Å². The highest BCUT2D eigenvalue weighted by atomic mass is 16.5. The Balaban J connectivity index is 2.16. The molecular weight excluding hydrogens is 244 g/mol. The average molecular weight is 258 g/mol. The molecule has 0 saturated carbocycles. The first kappa shape index (κ1) is 12.8. The minimum atomic E-state index is -0.191. The molecule has 1 heterocycles. The van der Waals surface area contributed by atoms with Gasteiger partial charge in [-0.25, -0.2) is 4.98 Å². The van der Waals surface area contributed by atoms with E-state index in [2.05, 4.69) is 15.1 Å². The maximum atomic E-state index is 8.60. The molecule has 0 fully saturated rings. The van der Waals surface area contributed by atoms with E-state index in [0.717, 1.165) is 5.56 Å². The van der Waals surface area contributed by atoms with Crippen LogP contribution < -0.4 is 10.5 Å². The summed E-state index contributed by atoms with van der Waals surface area (Å²) in [5.41, 5.74) is 6.79. The Labute approximate surface area is 110 Å². The van der Waals surface area contributed by atoms with Crippen molar-refractivity contribution in [3.05, 3.63) is 53.9 Å². The minimum Gasteiger partial charge on any atom is -0.456 e. The lowest BCUT2D eigenvalue weighted by Gasteiger charge is -2.13. The molecule has 3 N–H and O–H groups in total. The van der Waals surface area contributed by atoms with Gasteiger partial charge in [-0.1, -0.05) is 35.5 Å². The van der Waals surface area contributed by atoms with Gasteiger partial charge >= 0.3 is 6.01 Å². The van der Waals surface area contributed by atoms with Crippen molar-refractivity contribution in [2.75, 3.05) is 0 Å². The zero-order chi connectivity index (χ0) is 13.7. The second-order valence-corrected chi connectivity index (χ2v) is 3.88. The van der Waals surface area contributed by atoms with Crippen molar-refractivity contribution in [1.29, 1.82) is 0 Å². The normalized spacial score (nSPS) is 13.0. The number of benzene rings is 1. The van der Waals surface area contributed by atoms with E-state index in [-0.39, 0.29) is 18.0 Å². The predicted molar refractivity (Wildman–Crippen MR) is 70.0 cm³/mol. The number of nitrogens with two attached hydrogens (primary N) is 1. The molecule has 19 heavy (non-hydrogen) atoms. The van der Waals surface area contributed by atoms with Crippen LogP contribution in [-0.2, 0) is 0 Å². The third-order valence-electron chi connectivity index (χ3n) is 2.55. The van der Waals surface area contributed by atoms with Crippen LogP contribution in [0.25, 0.3) is 0 Å². The molecule has 0 aliphatic rings. The molecule has 0 spiro atoms. The lowest BCUT2D eigenvalue weighted by molar-refractivity contribution is 0.207. The fourth-order valence-electron chi connectivity index (χ4n) is 1.54. The Morgan fingerprint density at radius 3 is 2.74 bits per heavy atom. The van der Waals surface area contributed by atoms with E-state index in [1.807, 2.05) is 37.3 Å². The van der Waals surface area contributed by atoms with Gasteiger partial charge in [0.1, 0.15) is 11.8 Å². The smallest absolute Gasteiger partial charge is 0.317 e. The molecule has 0 bridgehead atoms. The molecule has 0 amide bonds. The van der Waals surface area contributed by atoms with Gasteiger partial charge in [0, 0.05) is 6.20 Å². The van der Waals surface area contributed by atoms with Crippen LogP contribution in [-0.4, -0.2) is 21.0 Å². The highest BCUT2D eigenvalue weighted by Gasteiger charge is 2.10. The van der Waals surface area contributed by atoms with Gasteiger partial charge in [-0.3, -0.25) is 0 Å². The maximum Gasteiger partial charge on any atom is 0.317 e. The highest BCUT2D eigenvalue weighted by molar-refractivity contribution is 5.95. The van der Waals surface area contributed by atoms with Crippen molar-refractivity contribution < 1.29 is 9.94 Å². The van der Waals surface area contributed by atoms with E-state index in [1.54, 1.807) is 0 Å². The SMILES string of the molecule is CC(Oc1nccc(/C(N)=N/O)n1)c1ccccc1. The van der Waals surface area contributed by atoms with Gasteiger partial charge in [0.15, 0.2) is 5.84 Å². The molecule has 2 aromatic rings. The Kier molecular flexibility index (Phi) is 3.92. The van der Waals surface area contributed by atoms with Crippen LogP contribution in [0.2, 0.25) is 0 Å². The van der Waals surface area contributed by atoms with Gasteiger partial charge in [0.25, 0.3) is 0 Å². The van der Waals surface area contributed by atoms with E-state index in [4.69, 9.17) is 15.7 Å². The first-order valence-electron chi connectivity index (χ1n) is 5.73. The number of rotatable bonds is 4. The van der Waals surface area contributed by atoms with E-state index >= 15 is 0 Å². The number of amidine groups is 1. The summed E-state index contributed by atoms with van der Waals surface area (Å²) in [6.45, 7) is 1.90. The molecule has 0 aliphatic heterocycles. The first-order chi connectivity index (χ1) is 9.20. The van der Waals surface area contributed by atoms with Gasteiger partial charge in [0.2, 0.25) is 0 Å². The number of hydrogen-bond donors (Lipinski definition) is 2. The standard InChI is InChI=1S/C13H14N4O2/c1-9(10-5-3-2-4-6-10)19-13-15-8-7-11(16-13)12(14)17-18/h2-9,18H,1H3,(H2,14,17). The minimum absolute atomic E-state index is 0.0837. The molecule has 6 nitrogen and oxygen atoms in total. The third-order valence-corrected chi connectivity index (χ3v) is 2.55. The summed E-state index contributed by atoms with van der Waals surface area (Å²) in [4.78, 5) is 8.06. The molecular formula is C13H14N4O2. The summed E-state index contributed by atoms with van der Waals surface area (Å²) in [5, 5.41) is 11.5. The molecule has 1 unspecified atom stereocenters. The molecule has 6 heteroatoms. The van der Waals surface area contributed by atoms with Crippen molar-refractivity contribution in [3.8, 4) is 6.01 Å². The van der Waals surface area contributed by atoms with Crippen LogP contribution >= 0.6 is 0 Å². The lowest BCUT2D eigenvalue weighted by atomic mass is 10.1. The van der Waals surface area contributed by atoms with E-state index in [0.29, 0.717) is 5.69 Å². The molecule has 1 aromatic heterocycles. The van der Waals surface area contributed by atoms with Gasteiger partial charge in [-0.15, -0.1) is 0 Å². The van der Waals surface area contributed by atoms with Gasteiger partial charge in [-0.05, 0) is 18.6 Å². The number of aromatic nitrogens is 2. The second kappa shape index (κ2) is 5.81. The summed E-state index contributed by atoms with van der Waals surface area (Å²) in [6, 6.07) is 11.4. The van der Waals surface area contributed by atoms with Gasteiger partial charge < -0.3 is 15.7 Å². The first-order valence-corrected chi connectivity index (χ1v) is 5.73. The predicted octanol–water partition coefficient (Wildman–Crippen LogP) is 1.71. The fraction of sp³-hybridized carbons (Fsp3) is 0.154. The van der Waals surface area contributed by atoms with Crippen molar-refractivity contribution in [2.24, 2.45) is 10.9 Å². The summed E-state index contributed by atoms with van der Waals surface area (Å²) in [6.07, 6.45) is 1.30. The van der Waals surface area contributed by atoms with Crippen LogP contribution in [0.3, 0.4) is 0 Å². The zero-order valence-corrected chi connectivity index (χ0v) is 10.4. The Bertz CT molecular complexity index is 572. The third kappa shape index (κ3) is 3.19. The quantitative estimate of drug-likeness (QED) is 0.377. The number of hydrogen-bond acceptors (Lipinski definition) is 5. The largest absolute Gasteiger partial charge is 0.456 e. The monoisotopic (exact) mass is 258 g/mol. The number of nitrogens with zero attached hydrogens (tertiary/aromatic N) is 3. The zero-order valence-electron chi connectivity index (χ0n) is 10.4. The summed E-state index contributed by atoms with van der Waals surface area (Å²) in [7, 11) is 0. The molecule has 98 valence electrons. The number of oxime groups is 1. The average Bonchev–Trinajstić information content (AvgIpc) is 2.47. The Morgan fingerprint density at radius 1 is 1.32 bits per heavy atom. The lowest BCUT2D eigenvalue weighted by Crippen LogP contribution is -2.16. The summed E-state index contributed by atoms with van der Waals surface area (Å²) < 4.78 is 5.62. The molecule has 1 aromatic carbocycles. The van der Waals surface area contributed by atoms with E-state index in [1.165, 1.54) is 12.3 Å². The van der Waals surface area contributed by atoms with Gasteiger partial charge in [0.05, 0.1) is 0 Å². The van der Waals surface area contributed by atoms with Crippen LogP contribution in [0.4, 0.5) is 0 Å². The van der Waals surface area contributed by atoms with Crippen molar-refractivity contribution in [1.82, 2.24) is 9.97 Å². The molecule has 0 radical (unpaired) electrons. The van der Waals surface area contributed by atoms with E-state index < -0.39 is 0 Å². The maximum absolute atomic E-state index is 8.60. The van der Waals surface area contributed by atoms with E-state index in [9.17, 15) is 0 Å². The van der Waals surface area contributed by atoms with Crippen molar-refractivity contribution in [3.63, 3.8) is 0 Å². The summed E-state index contributed by atoms with van der Waals surface area (Å²) in [5.74, 6) is -0.0837.